The van der Waals surface area contributed by atoms with E-state index in [0.717, 1.165) is 31.5 Å². The topological polar surface area (TPSA) is 61.4 Å². The molecular weight excluding hydrogens is 266 g/mol. The molecule has 21 heavy (non-hydrogen) atoms. The zero-order chi connectivity index (χ0) is 14.8. The summed E-state index contributed by atoms with van der Waals surface area (Å²) in [6.45, 7) is 2.92. The lowest BCUT2D eigenvalue weighted by Gasteiger charge is -2.34. The predicted molar refractivity (Wildman–Crippen MR) is 81.0 cm³/mol. The van der Waals surface area contributed by atoms with Gasteiger partial charge in [-0.25, -0.2) is 0 Å². The molecule has 1 fully saturated rings. The van der Waals surface area contributed by atoms with Crippen LogP contribution >= 0.6 is 0 Å². The van der Waals surface area contributed by atoms with Gasteiger partial charge in [-0.05, 0) is 24.5 Å². The molecule has 0 saturated carbocycles. The van der Waals surface area contributed by atoms with Gasteiger partial charge in [-0.2, -0.15) is 0 Å². The first-order chi connectivity index (χ1) is 10.1. The van der Waals surface area contributed by atoms with Crippen LogP contribution in [0.15, 0.2) is 24.3 Å². The van der Waals surface area contributed by atoms with Gasteiger partial charge in [0.05, 0.1) is 0 Å². The van der Waals surface area contributed by atoms with Crippen molar-refractivity contribution >= 4 is 17.5 Å². The number of carbonyl (C=O) groups is 2. The summed E-state index contributed by atoms with van der Waals surface area (Å²) in [4.78, 5) is 25.7. The Kier molecular flexibility index (Phi) is 3.82. The number of nitrogens with one attached hydrogen (secondary N) is 2. The van der Waals surface area contributed by atoms with Crippen LogP contribution in [0.5, 0.6) is 0 Å². The highest BCUT2D eigenvalue weighted by Crippen LogP contribution is 2.26. The molecule has 2 heterocycles. The molecule has 1 aromatic carbocycles. The number of para-hydroxylation sites is 1. The van der Waals surface area contributed by atoms with Gasteiger partial charge in [-0.1, -0.05) is 18.2 Å². The fourth-order valence-electron chi connectivity index (χ4n) is 3.25. The fourth-order valence-corrected chi connectivity index (χ4v) is 3.25. The third-order valence-electron chi connectivity index (χ3n) is 4.21. The van der Waals surface area contributed by atoms with E-state index in [4.69, 9.17) is 0 Å². The van der Waals surface area contributed by atoms with Crippen molar-refractivity contribution in [2.75, 3.05) is 18.4 Å². The number of hydrogen-bond acceptors (Lipinski definition) is 3. The Hall–Kier alpha value is -2.04. The molecule has 2 amide bonds. The van der Waals surface area contributed by atoms with Gasteiger partial charge in [-0.15, -0.1) is 0 Å². The molecule has 5 nitrogen and oxygen atoms in total. The van der Waals surface area contributed by atoms with Crippen LogP contribution < -0.4 is 10.6 Å². The highest BCUT2D eigenvalue weighted by atomic mass is 16.2. The number of benzene rings is 1. The maximum absolute atomic E-state index is 12.7. The van der Waals surface area contributed by atoms with Crippen LogP contribution in [0.3, 0.4) is 0 Å². The zero-order valence-electron chi connectivity index (χ0n) is 12.3. The van der Waals surface area contributed by atoms with E-state index in [1.807, 2.05) is 23.1 Å². The molecule has 0 aromatic heterocycles. The van der Waals surface area contributed by atoms with Gasteiger partial charge >= 0.3 is 0 Å². The number of hydrogen-bond donors (Lipinski definition) is 2. The first kappa shape index (κ1) is 13.9. The Labute approximate surface area is 124 Å². The standard InChI is InChI=1S/C16H21N3O2/c1-11(20)17-13-6-4-8-19(10-13)16(21)15-9-12-5-2-3-7-14(12)18-15/h2-3,5,7,13,15,18H,4,6,8-10H2,1H3,(H,17,20). The smallest absolute Gasteiger partial charge is 0.245 e. The lowest BCUT2D eigenvalue weighted by atomic mass is 10.0. The SMILES string of the molecule is CC(=O)NC1CCCN(C(=O)C2Cc3ccccc3N2)C1. The Morgan fingerprint density at radius 1 is 1.33 bits per heavy atom. The van der Waals surface area contributed by atoms with Crippen molar-refractivity contribution < 1.29 is 9.59 Å². The van der Waals surface area contributed by atoms with Gasteiger partial charge < -0.3 is 15.5 Å². The number of carbonyl (C=O) groups excluding carboxylic acids is 2. The number of anilines is 1. The molecular formula is C16H21N3O2. The Balaban J connectivity index is 1.62. The van der Waals surface area contributed by atoms with Crippen LogP contribution in [0.2, 0.25) is 0 Å². The van der Waals surface area contributed by atoms with Crippen molar-refractivity contribution in [3.05, 3.63) is 29.8 Å². The molecule has 112 valence electrons. The molecule has 0 aliphatic carbocycles. The molecule has 2 aliphatic rings. The van der Waals surface area contributed by atoms with Crippen LogP contribution in [0, 0.1) is 0 Å². The van der Waals surface area contributed by atoms with E-state index >= 15 is 0 Å². The maximum Gasteiger partial charge on any atom is 0.245 e. The molecule has 0 radical (unpaired) electrons. The average Bonchev–Trinajstić information content (AvgIpc) is 2.90. The molecule has 5 heteroatoms. The van der Waals surface area contributed by atoms with E-state index in [0.29, 0.717) is 6.54 Å². The number of amides is 2. The van der Waals surface area contributed by atoms with E-state index in [1.165, 1.54) is 12.5 Å². The van der Waals surface area contributed by atoms with Crippen LogP contribution in [-0.2, 0) is 16.0 Å². The molecule has 2 N–H and O–H groups in total. The fraction of sp³-hybridized carbons (Fsp3) is 0.500. The number of fused-ring (bicyclic) bond motifs is 1. The normalized spacial score (nSPS) is 24.1. The van der Waals surface area contributed by atoms with Gasteiger partial charge in [0.15, 0.2) is 0 Å². The van der Waals surface area contributed by atoms with Crippen molar-refractivity contribution in [1.82, 2.24) is 10.2 Å². The van der Waals surface area contributed by atoms with Gasteiger partial charge in [0.1, 0.15) is 6.04 Å². The second-order valence-electron chi connectivity index (χ2n) is 5.88. The summed E-state index contributed by atoms with van der Waals surface area (Å²) >= 11 is 0. The van der Waals surface area contributed by atoms with E-state index in [9.17, 15) is 9.59 Å². The lowest BCUT2D eigenvalue weighted by molar-refractivity contribution is -0.134. The largest absolute Gasteiger partial charge is 0.373 e. The number of likely N-dealkylation sites (tertiary alicyclic amines) is 1. The summed E-state index contributed by atoms with van der Waals surface area (Å²) in [5.41, 5.74) is 2.26. The van der Waals surface area contributed by atoms with Crippen molar-refractivity contribution in [1.29, 1.82) is 0 Å². The molecule has 0 bridgehead atoms. The number of rotatable bonds is 2. The zero-order valence-corrected chi connectivity index (χ0v) is 12.3. The van der Waals surface area contributed by atoms with Crippen molar-refractivity contribution in [3.63, 3.8) is 0 Å². The van der Waals surface area contributed by atoms with E-state index in [1.54, 1.807) is 0 Å². The summed E-state index contributed by atoms with van der Waals surface area (Å²) in [7, 11) is 0. The predicted octanol–water partition coefficient (Wildman–Crippen LogP) is 1.15. The third kappa shape index (κ3) is 3.01. The average molecular weight is 287 g/mol. The highest BCUT2D eigenvalue weighted by Gasteiger charge is 2.32. The number of piperidine rings is 1. The van der Waals surface area contributed by atoms with Crippen molar-refractivity contribution in [2.24, 2.45) is 0 Å². The molecule has 2 atom stereocenters. The Bertz CT molecular complexity index is 533. The summed E-state index contributed by atoms with van der Waals surface area (Å²) < 4.78 is 0. The van der Waals surface area contributed by atoms with E-state index in [-0.39, 0.29) is 23.9 Å². The summed E-state index contributed by atoms with van der Waals surface area (Å²) in [5.74, 6) is 0.113. The van der Waals surface area contributed by atoms with Crippen LogP contribution in [0.1, 0.15) is 25.3 Å². The minimum Gasteiger partial charge on any atom is -0.373 e. The molecule has 2 aliphatic heterocycles. The minimum absolute atomic E-state index is 0.0271. The van der Waals surface area contributed by atoms with Gasteiger partial charge in [0, 0.05) is 38.2 Å². The Morgan fingerprint density at radius 3 is 2.90 bits per heavy atom. The van der Waals surface area contributed by atoms with Crippen molar-refractivity contribution in [3.8, 4) is 0 Å². The second kappa shape index (κ2) is 5.76. The van der Waals surface area contributed by atoms with Crippen molar-refractivity contribution in [2.45, 2.75) is 38.3 Å². The minimum atomic E-state index is -0.168. The molecule has 2 unspecified atom stereocenters. The van der Waals surface area contributed by atoms with Crippen LogP contribution in [-0.4, -0.2) is 41.9 Å². The summed E-state index contributed by atoms with van der Waals surface area (Å²) in [6, 6.07) is 7.97. The summed E-state index contributed by atoms with van der Waals surface area (Å²) in [5, 5.41) is 6.23. The lowest BCUT2D eigenvalue weighted by Crippen LogP contribution is -2.52. The second-order valence-corrected chi connectivity index (χ2v) is 5.88. The van der Waals surface area contributed by atoms with Gasteiger partial charge in [0.25, 0.3) is 0 Å². The van der Waals surface area contributed by atoms with Gasteiger partial charge in [-0.3, -0.25) is 9.59 Å². The molecule has 1 aromatic rings. The van der Waals surface area contributed by atoms with E-state index < -0.39 is 0 Å². The third-order valence-corrected chi connectivity index (χ3v) is 4.21. The van der Waals surface area contributed by atoms with Gasteiger partial charge in [0.2, 0.25) is 11.8 Å². The first-order valence-electron chi connectivity index (χ1n) is 7.54. The Morgan fingerprint density at radius 2 is 2.14 bits per heavy atom. The molecule has 1 saturated heterocycles. The molecule has 0 spiro atoms. The highest BCUT2D eigenvalue weighted by molar-refractivity contribution is 5.87. The summed E-state index contributed by atoms with van der Waals surface area (Å²) in [6.07, 6.45) is 2.63. The molecule has 3 rings (SSSR count). The maximum atomic E-state index is 12.7. The first-order valence-corrected chi connectivity index (χ1v) is 7.54. The quantitative estimate of drug-likeness (QED) is 0.858. The number of nitrogens with zero attached hydrogens (tertiary/aromatic N) is 1. The van der Waals surface area contributed by atoms with E-state index in [2.05, 4.69) is 16.7 Å². The monoisotopic (exact) mass is 287 g/mol. The van der Waals surface area contributed by atoms with Crippen LogP contribution in [0.25, 0.3) is 0 Å². The van der Waals surface area contributed by atoms with Crippen LogP contribution in [0.4, 0.5) is 5.69 Å².